The lowest BCUT2D eigenvalue weighted by molar-refractivity contribution is -0.117. The van der Waals surface area contributed by atoms with Crippen LogP contribution in [0.25, 0.3) is 11.0 Å². The molecular formula is C27H26ClN3O4. The van der Waals surface area contributed by atoms with Crippen LogP contribution >= 0.6 is 11.6 Å². The summed E-state index contributed by atoms with van der Waals surface area (Å²) in [5, 5.41) is 11.5. The number of fused-ring (bicyclic) bond motifs is 1. The molecule has 8 heteroatoms. The Morgan fingerprint density at radius 1 is 1.06 bits per heavy atom. The van der Waals surface area contributed by atoms with E-state index in [-0.39, 0.29) is 25.0 Å². The van der Waals surface area contributed by atoms with Crippen LogP contribution in [0.4, 0.5) is 5.69 Å². The molecule has 3 aromatic carbocycles. The first kappa shape index (κ1) is 23.2. The Morgan fingerprint density at radius 2 is 1.77 bits per heavy atom. The van der Waals surface area contributed by atoms with Crippen molar-refractivity contribution in [3.8, 4) is 11.5 Å². The van der Waals surface area contributed by atoms with Crippen molar-refractivity contribution in [2.45, 2.75) is 25.0 Å². The van der Waals surface area contributed by atoms with E-state index in [0.29, 0.717) is 29.5 Å². The molecule has 7 nitrogen and oxygen atoms in total. The highest BCUT2D eigenvalue weighted by atomic mass is 35.5. The van der Waals surface area contributed by atoms with Crippen LogP contribution in [0.3, 0.4) is 0 Å². The SMILES string of the molecule is COc1ccccc1OC[C@H](O)Cn1c([C@@H]2CC(=O)N(c3ccc(Cl)cc3)C2)nc2ccccc21. The molecule has 1 aliphatic rings. The Bertz CT molecular complexity index is 1340. The third-order valence-corrected chi connectivity index (χ3v) is 6.46. The van der Waals surface area contributed by atoms with Gasteiger partial charge in [0, 0.05) is 29.6 Å². The number of anilines is 1. The summed E-state index contributed by atoms with van der Waals surface area (Å²) in [6.07, 6.45) is -0.444. The number of imidazole rings is 1. The Balaban J connectivity index is 1.37. The number of nitrogens with zero attached hydrogens (tertiary/aromatic N) is 3. The number of methoxy groups -OCH3 is 1. The van der Waals surface area contributed by atoms with Crippen molar-refractivity contribution in [2.75, 3.05) is 25.2 Å². The zero-order valence-corrected chi connectivity index (χ0v) is 20.1. The van der Waals surface area contributed by atoms with E-state index in [2.05, 4.69) is 0 Å². The quantitative estimate of drug-likeness (QED) is 0.388. The number of aliphatic hydroxyl groups is 1. The van der Waals surface area contributed by atoms with Crippen molar-refractivity contribution in [2.24, 2.45) is 0 Å². The molecule has 180 valence electrons. The van der Waals surface area contributed by atoms with Gasteiger partial charge < -0.3 is 24.0 Å². The van der Waals surface area contributed by atoms with Crippen LogP contribution in [0, 0.1) is 0 Å². The number of hydrogen-bond acceptors (Lipinski definition) is 5. The van der Waals surface area contributed by atoms with Crippen molar-refractivity contribution in [1.29, 1.82) is 0 Å². The van der Waals surface area contributed by atoms with Crippen molar-refractivity contribution < 1.29 is 19.4 Å². The number of halogens is 1. The lowest BCUT2D eigenvalue weighted by atomic mass is 10.1. The van der Waals surface area contributed by atoms with Crippen molar-refractivity contribution in [1.82, 2.24) is 9.55 Å². The molecule has 0 saturated carbocycles. The maximum Gasteiger partial charge on any atom is 0.227 e. The summed E-state index contributed by atoms with van der Waals surface area (Å²) in [7, 11) is 1.58. The number of benzene rings is 3. The summed E-state index contributed by atoms with van der Waals surface area (Å²) in [6, 6.07) is 22.4. The van der Waals surface area contributed by atoms with Gasteiger partial charge in [-0.2, -0.15) is 0 Å². The second-order valence-corrected chi connectivity index (χ2v) is 9.00. The van der Waals surface area contributed by atoms with E-state index < -0.39 is 6.10 Å². The Kier molecular flexibility index (Phi) is 6.61. The smallest absolute Gasteiger partial charge is 0.227 e. The number of carbonyl (C=O) groups is 1. The van der Waals surface area contributed by atoms with Crippen LogP contribution in [-0.2, 0) is 11.3 Å². The third-order valence-electron chi connectivity index (χ3n) is 6.21. The van der Waals surface area contributed by atoms with Gasteiger partial charge in [0.05, 0.1) is 24.7 Å². The van der Waals surface area contributed by atoms with Crippen LogP contribution in [0.15, 0.2) is 72.8 Å². The highest BCUT2D eigenvalue weighted by Gasteiger charge is 2.35. The van der Waals surface area contributed by atoms with Gasteiger partial charge >= 0.3 is 0 Å². The first-order valence-electron chi connectivity index (χ1n) is 11.5. The molecule has 1 amide bonds. The molecule has 35 heavy (non-hydrogen) atoms. The minimum absolute atomic E-state index is 0.0379. The van der Waals surface area contributed by atoms with Crippen LogP contribution in [0.5, 0.6) is 11.5 Å². The molecule has 1 fully saturated rings. The van der Waals surface area contributed by atoms with Gasteiger partial charge in [0.2, 0.25) is 5.91 Å². The molecule has 1 aromatic heterocycles. The predicted molar refractivity (Wildman–Crippen MR) is 135 cm³/mol. The molecule has 5 rings (SSSR count). The number of rotatable bonds is 8. The molecule has 2 atom stereocenters. The number of ether oxygens (including phenoxy) is 2. The molecular weight excluding hydrogens is 466 g/mol. The molecule has 1 N–H and O–H groups in total. The van der Waals surface area contributed by atoms with Crippen LogP contribution in [0.2, 0.25) is 5.02 Å². The molecule has 0 aliphatic carbocycles. The van der Waals surface area contributed by atoms with E-state index in [9.17, 15) is 9.90 Å². The normalized spacial score (nSPS) is 16.6. The zero-order valence-electron chi connectivity index (χ0n) is 19.3. The Morgan fingerprint density at radius 3 is 2.54 bits per heavy atom. The number of para-hydroxylation sites is 4. The fraction of sp³-hybridized carbons (Fsp3) is 0.259. The second-order valence-electron chi connectivity index (χ2n) is 8.57. The predicted octanol–water partition coefficient (Wildman–Crippen LogP) is 4.66. The van der Waals surface area contributed by atoms with E-state index in [4.69, 9.17) is 26.1 Å². The first-order valence-corrected chi connectivity index (χ1v) is 11.9. The number of aromatic nitrogens is 2. The average Bonchev–Trinajstić information content (AvgIpc) is 3.44. The largest absolute Gasteiger partial charge is 0.493 e. The molecule has 0 unspecified atom stereocenters. The summed E-state index contributed by atoms with van der Waals surface area (Å²) in [5.41, 5.74) is 2.56. The van der Waals surface area contributed by atoms with E-state index in [1.807, 2.05) is 59.2 Å². The maximum absolute atomic E-state index is 12.9. The van der Waals surface area contributed by atoms with Gasteiger partial charge in [-0.25, -0.2) is 4.98 Å². The van der Waals surface area contributed by atoms with Gasteiger partial charge in [0.25, 0.3) is 0 Å². The number of carbonyl (C=O) groups excluding carboxylic acids is 1. The minimum atomic E-state index is -0.791. The summed E-state index contributed by atoms with van der Waals surface area (Å²) >= 11 is 6.02. The van der Waals surface area contributed by atoms with E-state index in [1.54, 1.807) is 30.2 Å². The average molecular weight is 492 g/mol. The van der Waals surface area contributed by atoms with Gasteiger partial charge in [0.15, 0.2) is 11.5 Å². The van der Waals surface area contributed by atoms with E-state index in [1.165, 1.54) is 0 Å². The molecule has 0 bridgehead atoms. The number of aliphatic hydroxyl groups excluding tert-OH is 1. The fourth-order valence-electron chi connectivity index (χ4n) is 4.54. The van der Waals surface area contributed by atoms with Gasteiger partial charge in [-0.05, 0) is 48.5 Å². The number of hydrogen-bond donors (Lipinski definition) is 1. The van der Waals surface area contributed by atoms with Crippen molar-refractivity contribution >= 4 is 34.2 Å². The van der Waals surface area contributed by atoms with Crippen LogP contribution in [-0.4, -0.2) is 46.9 Å². The van der Waals surface area contributed by atoms with Crippen molar-refractivity contribution in [3.05, 3.63) is 83.6 Å². The summed E-state index contributed by atoms with van der Waals surface area (Å²) in [5.74, 6) is 1.90. The van der Waals surface area contributed by atoms with Gasteiger partial charge in [-0.1, -0.05) is 35.9 Å². The number of amides is 1. The minimum Gasteiger partial charge on any atom is -0.493 e. The molecule has 1 saturated heterocycles. The summed E-state index contributed by atoms with van der Waals surface area (Å²) in [4.78, 5) is 19.5. The Hall–Kier alpha value is -3.55. The standard InChI is InChI=1S/C27H26ClN3O4/c1-34-24-8-4-5-9-25(24)35-17-21(32)16-31-23-7-3-2-6-22(23)29-27(31)18-14-26(33)30(15-18)20-12-10-19(28)11-13-20/h2-13,18,21,32H,14-17H2,1H3/t18-,21-/m1/s1. The zero-order chi connectivity index (χ0) is 24.4. The van der Waals surface area contributed by atoms with Gasteiger partial charge in [0.1, 0.15) is 18.5 Å². The Labute approximate surface area is 208 Å². The topological polar surface area (TPSA) is 76.8 Å². The lowest BCUT2D eigenvalue weighted by Crippen LogP contribution is -2.26. The monoisotopic (exact) mass is 491 g/mol. The van der Waals surface area contributed by atoms with Crippen LogP contribution in [0.1, 0.15) is 18.2 Å². The highest BCUT2D eigenvalue weighted by Crippen LogP contribution is 2.34. The van der Waals surface area contributed by atoms with Crippen LogP contribution < -0.4 is 14.4 Å². The lowest BCUT2D eigenvalue weighted by Gasteiger charge is -2.19. The molecule has 1 aliphatic heterocycles. The fourth-order valence-corrected chi connectivity index (χ4v) is 4.66. The molecule has 0 spiro atoms. The van der Waals surface area contributed by atoms with Gasteiger partial charge in [-0.15, -0.1) is 0 Å². The maximum atomic E-state index is 12.9. The highest BCUT2D eigenvalue weighted by molar-refractivity contribution is 6.30. The first-order chi connectivity index (χ1) is 17.0. The third kappa shape index (κ3) is 4.83. The molecule has 0 radical (unpaired) electrons. The van der Waals surface area contributed by atoms with E-state index >= 15 is 0 Å². The summed E-state index contributed by atoms with van der Waals surface area (Å²) in [6.45, 7) is 0.890. The summed E-state index contributed by atoms with van der Waals surface area (Å²) < 4.78 is 13.2. The van der Waals surface area contributed by atoms with Gasteiger partial charge in [-0.3, -0.25) is 4.79 Å². The molecule has 2 heterocycles. The second kappa shape index (κ2) is 9.98. The van der Waals surface area contributed by atoms with E-state index in [0.717, 1.165) is 22.5 Å². The van der Waals surface area contributed by atoms with Crippen molar-refractivity contribution in [3.63, 3.8) is 0 Å². The molecule has 4 aromatic rings.